The van der Waals surface area contributed by atoms with Gasteiger partial charge in [0.15, 0.2) is 0 Å². The van der Waals surface area contributed by atoms with Crippen molar-refractivity contribution in [1.82, 2.24) is 25.9 Å². The fraction of sp³-hybridized carbons (Fsp3) is 0.256. The number of piperidine rings is 1. The van der Waals surface area contributed by atoms with Crippen molar-refractivity contribution in [2.45, 2.75) is 32.6 Å². The van der Waals surface area contributed by atoms with Crippen molar-refractivity contribution in [3.8, 4) is 0 Å². The van der Waals surface area contributed by atoms with E-state index in [4.69, 9.17) is 9.84 Å². The molecule has 5 heterocycles. The van der Waals surface area contributed by atoms with E-state index in [0.717, 1.165) is 52.2 Å². The van der Waals surface area contributed by atoms with Crippen LogP contribution in [0.2, 0.25) is 0 Å². The first-order valence-corrected chi connectivity index (χ1v) is 17.6. The van der Waals surface area contributed by atoms with Gasteiger partial charge in [0.25, 0.3) is 17.7 Å². The van der Waals surface area contributed by atoms with E-state index in [-0.39, 0.29) is 35.2 Å². The van der Waals surface area contributed by atoms with E-state index in [0.29, 0.717) is 66.6 Å². The van der Waals surface area contributed by atoms with Crippen LogP contribution in [0.1, 0.15) is 82.9 Å². The zero-order chi connectivity index (χ0) is 39.1. The van der Waals surface area contributed by atoms with Gasteiger partial charge < -0.3 is 40.5 Å². The molecule has 0 aliphatic carbocycles. The average molecular weight is 750 g/mol. The van der Waals surface area contributed by atoms with Crippen molar-refractivity contribution in [3.05, 3.63) is 99.9 Å². The van der Waals surface area contributed by atoms with Gasteiger partial charge in [-0.25, -0.2) is 14.4 Å². The number of aromatic nitrogens is 2. The lowest BCUT2D eigenvalue weighted by molar-refractivity contribution is -0.115. The molecule has 0 bridgehead atoms. The third-order valence-corrected chi connectivity index (χ3v) is 9.11. The fourth-order valence-electron chi connectivity index (χ4n) is 6.37. The van der Waals surface area contributed by atoms with Gasteiger partial charge in [-0.3, -0.25) is 19.8 Å². The summed E-state index contributed by atoms with van der Waals surface area (Å²) in [7, 11) is 1.34. The second-order valence-electron chi connectivity index (χ2n) is 12.6. The smallest absolute Gasteiger partial charge is 0.338 e. The number of carboxylic acid groups (broad SMARTS) is 1. The number of hydrogen-bond acceptors (Lipinski definition) is 10. The number of carbonyl (C=O) groups is 6. The standard InChI is InChI=1S/C14H14N2O3.C13H15N3O3.C12H10N2O3/c1-2-19-14(18)8-3-4-11-10(7-8)9-5-6-15-13(17)12(9)16-11;1-19-13(18)9-4-6-10(7-5-9)15-16-11-3-2-8-14-12(11)17;15-11-10-7(3-4-13-11)8-5-6(12(16)17)1-2-9(8)14-10/h3-4,7,16H,2,5-6H2,1H3,(H,15,17);4-7,15H,2-3,8H2,1H3,(H,14,17);1-2,5,14H,3-4H2,(H,13,15)(H,16,17)/b;16-11+;. The third-order valence-electron chi connectivity index (χ3n) is 9.11. The highest BCUT2D eigenvalue weighted by atomic mass is 16.5. The molecule has 3 aromatic carbocycles. The number of rotatable bonds is 6. The lowest BCUT2D eigenvalue weighted by Gasteiger charge is -2.13. The Morgan fingerprint density at radius 3 is 1.80 bits per heavy atom. The number of nitrogens with one attached hydrogen (secondary N) is 6. The van der Waals surface area contributed by atoms with Gasteiger partial charge in [0.1, 0.15) is 17.1 Å². The van der Waals surface area contributed by atoms with Crippen LogP contribution in [-0.2, 0) is 27.1 Å². The van der Waals surface area contributed by atoms with E-state index in [1.54, 1.807) is 55.5 Å². The van der Waals surface area contributed by atoms with Crippen LogP contribution in [0.25, 0.3) is 21.8 Å². The molecule has 16 heteroatoms. The highest BCUT2D eigenvalue weighted by molar-refractivity contribution is 6.39. The Hall–Kier alpha value is -6.97. The second kappa shape index (κ2) is 16.8. The third kappa shape index (κ3) is 8.48. The Bertz CT molecular complexity index is 2340. The van der Waals surface area contributed by atoms with Crippen LogP contribution in [0, 0.1) is 0 Å². The molecule has 0 atom stereocenters. The Morgan fingerprint density at radius 1 is 0.709 bits per heavy atom. The highest BCUT2D eigenvalue weighted by Crippen LogP contribution is 2.27. The molecule has 0 saturated carbocycles. The minimum absolute atomic E-state index is 0.0878. The minimum atomic E-state index is -0.956. The predicted molar refractivity (Wildman–Crippen MR) is 203 cm³/mol. The molecule has 16 nitrogen and oxygen atoms in total. The predicted octanol–water partition coefficient (Wildman–Crippen LogP) is 3.93. The van der Waals surface area contributed by atoms with Crippen LogP contribution in [-0.4, -0.2) is 89.8 Å². The number of esters is 2. The van der Waals surface area contributed by atoms with E-state index in [1.165, 1.54) is 13.2 Å². The first-order valence-electron chi connectivity index (χ1n) is 17.6. The van der Waals surface area contributed by atoms with E-state index in [9.17, 15) is 28.8 Å². The normalized spacial score (nSPS) is 15.2. The number of anilines is 1. The van der Waals surface area contributed by atoms with E-state index < -0.39 is 5.97 Å². The Morgan fingerprint density at radius 2 is 1.25 bits per heavy atom. The van der Waals surface area contributed by atoms with Gasteiger partial charge in [-0.1, -0.05) is 0 Å². The summed E-state index contributed by atoms with van der Waals surface area (Å²) in [5, 5.41) is 23.0. The second-order valence-corrected chi connectivity index (χ2v) is 12.6. The molecule has 3 aliphatic heterocycles. The van der Waals surface area contributed by atoms with Crippen LogP contribution >= 0.6 is 0 Å². The lowest BCUT2D eigenvalue weighted by atomic mass is 10.0. The number of aromatic amines is 2. The molecule has 7 N–H and O–H groups in total. The number of methoxy groups -OCH3 is 1. The molecule has 0 spiro atoms. The maximum atomic E-state index is 11.7. The number of carbonyl (C=O) groups excluding carboxylic acids is 5. The molecule has 2 aromatic heterocycles. The number of hydrazone groups is 1. The zero-order valence-electron chi connectivity index (χ0n) is 30.1. The first kappa shape index (κ1) is 37.8. The quantitative estimate of drug-likeness (QED) is 0.0976. The van der Waals surface area contributed by atoms with Crippen molar-refractivity contribution in [2.24, 2.45) is 5.10 Å². The SMILES string of the molecule is CCOC(=O)c1ccc2[nH]c3c(c2c1)CCNC3=O.COC(=O)c1ccc(N/N=C2\CCCNC2=O)cc1.O=C(O)c1ccc2[nH]c3c(c2c1)CCNC3=O. The molecular formula is C39H39N7O9. The molecule has 1 fully saturated rings. The maximum Gasteiger partial charge on any atom is 0.338 e. The number of carboxylic acids is 1. The summed E-state index contributed by atoms with van der Waals surface area (Å²) in [4.78, 5) is 74.8. The molecule has 3 amide bonds. The van der Waals surface area contributed by atoms with Crippen molar-refractivity contribution in [3.63, 3.8) is 0 Å². The summed E-state index contributed by atoms with van der Waals surface area (Å²) in [6, 6.07) is 16.8. The van der Waals surface area contributed by atoms with Crippen molar-refractivity contribution in [2.75, 3.05) is 38.8 Å². The largest absolute Gasteiger partial charge is 0.478 e. The number of hydrogen-bond donors (Lipinski definition) is 7. The molecular weight excluding hydrogens is 710 g/mol. The summed E-state index contributed by atoms with van der Waals surface area (Å²) in [6.07, 6.45) is 3.06. The summed E-state index contributed by atoms with van der Waals surface area (Å²) < 4.78 is 9.60. The molecule has 0 radical (unpaired) electrons. The fourth-order valence-corrected chi connectivity index (χ4v) is 6.37. The van der Waals surface area contributed by atoms with Crippen LogP contribution < -0.4 is 21.4 Å². The van der Waals surface area contributed by atoms with Gasteiger partial charge in [0.2, 0.25) is 0 Å². The number of nitrogens with zero attached hydrogens (tertiary/aromatic N) is 1. The molecule has 1 saturated heterocycles. The lowest BCUT2D eigenvalue weighted by Crippen LogP contribution is -2.37. The summed E-state index contributed by atoms with van der Waals surface area (Å²) >= 11 is 0. The Balaban J connectivity index is 0.000000140. The van der Waals surface area contributed by atoms with E-state index >= 15 is 0 Å². The Kier molecular flexibility index (Phi) is 11.5. The zero-order valence-corrected chi connectivity index (χ0v) is 30.1. The van der Waals surface area contributed by atoms with Crippen molar-refractivity contribution < 1.29 is 43.3 Å². The highest BCUT2D eigenvalue weighted by Gasteiger charge is 2.23. The first-order chi connectivity index (χ1) is 26.6. The molecule has 3 aliphatic rings. The van der Waals surface area contributed by atoms with Gasteiger partial charge in [-0.15, -0.1) is 0 Å². The van der Waals surface area contributed by atoms with Crippen LogP contribution in [0.5, 0.6) is 0 Å². The van der Waals surface area contributed by atoms with Gasteiger partial charge in [-0.05, 0) is 104 Å². The molecule has 0 unspecified atom stereocenters. The number of aromatic carboxylic acids is 1. The van der Waals surface area contributed by atoms with Crippen molar-refractivity contribution in [1.29, 1.82) is 0 Å². The number of amides is 3. The Labute approximate surface area is 314 Å². The molecule has 55 heavy (non-hydrogen) atoms. The molecule has 5 aromatic rings. The number of fused-ring (bicyclic) bond motifs is 6. The topological polar surface area (TPSA) is 233 Å². The van der Waals surface area contributed by atoms with Crippen molar-refractivity contribution >= 4 is 68.8 Å². The minimum Gasteiger partial charge on any atom is -0.478 e. The van der Waals surface area contributed by atoms with Gasteiger partial charge in [-0.2, -0.15) is 5.10 Å². The monoisotopic (exact) mass is 749 g/mol. The maximum absolute atomic E-state index is 11.7. The van der Waals surface area contributed by atoms with Gasteiger partial charge in [0, 0.05) is 41.4 Å². The van der Waals surface area contributed by atoms with Crippen LogP contribution in [0.4, 0.5) is 5.69 Å². The summed E-state index contributed by atoms with van der Waals surface area (Å²) in [5.41, 5.74) is 9.93. The number of benzene rings is 3. The number of H-pyrrole nitrogens is 2. The molecule has 8 rings (SSSR count). The summed E-state index contributed by atoms with van der Waals surface area (Å²) in [6.45, 7) is 4.05. The summed E-state index contributed by atoms with van der Waals surface area (Å²) in [5.74, 6) is -2.02. The van der Waals surface area contributed by atoms with Gasteiger partial charge in [0.05, 0.1) is 36.1 Å². The number of ether oxygens (including phenoxy) is 2. The van der Waals surface area contributed by atoms with E-state index in [1.807, 2.05) is 6.07 Å². The van der Waals surface area contributed by atoms with Crippen LogP contribution in [0.15, 0.2) is 65.8 Å². The van der Waals surface area contributed by atoms with Crippen LogP contribution in [0.3, 0.4) is 0 Å². The van der Waals surface area contributed by atoms with E-state index in [2.05, 4.69) is 41.2 Å². The molecule has 284 valence electrons. The average Bonchev–Trinajstić information content (AvgIpc) is 3.77. The van der Waals surface area contributed by atoms with Gasteiger partial charge >= 0.3 is 17.9 Å².